The maximum absolute atomic E-state index is 12.6. The van der Waals surface area contributed by atoms with Crippen molar-refractivity contribution in [3.8, 4) is 0 Å². The van der Waals surface area contributed by atoms with Crippen LogP contribution in [0.2, 0.25) is 5.02 Å². The molecule has 3 rings (SSSR count). The van der Waals surface area contributed by atoms with E-state index < -0.39 is 0 Å². The Morgan fingerprint density at radius 2 is 1.76 bits per heavy atom. The number of nitrogens with zero attached hydrogens (tertiary/aromatic N) is 1. The van der Waals surface area contributed by atoms with Gasteiger partial charge in [0.2, 0.25) is 0 Å². The molecular formula is C17H23ClN2O. The zero-order chi connectivity index (χ0) is 14.9. The van der Waals surface area contributed by atoms with Crippen molar-refractivity contribution < 1.29 is 4.79 Å². The van der Waals surface area contributed by atoms with E-state index in [1.54, 1.807) is 18.2 Å². The first kappa shape index (κ1) is 14.7. The van der Waals surface area contributed by atoms with Gasteiger partial charge in [-0.3, -0.25) is 4.79 Å². The zero-order valence-corrected chi connectivity index (χ0v) is 13.2. The first-order valence-corrected chi connectivity index (χ1v) is 8.32. The van der Waals surface area contributed by atoms with Crippen LogP contribution in [0.5, 0.6) is 0 Å². The van der Waals surface area contributed by atoms with E-state index in [1.807, 2.05) is 4.90 Å². The molecule has 0 aromatic heterocycles. The van der Waals surface area contributed by atoms with Crippen LogP contribution in [-0.4, -0.2) is 23.9 Å². The highest BCUT2D eigenvalue weighted by Crippen LogP contribution is 2.44. The van der Waals surface area contributed by atoms with E-state index in [0.29, 0.717) is 21.7 Å². The molecule has 0 bridgehead atoms. The van der Waals surface area contributed by atoms with E-state index in [0.717, 1.165) is 25.9 Å². The lowest BCUT2D eigenvalue weighted by atomic mass is 9.68. The largest absolute Gasteiger partial charge is 0.397 e. The van der Waals surface area contributed by atoms with E-state index in [9.17, 15) is 4.79 Å². The summed E-state index contributed by atoms with van der Waals surface area (Å²) in [5.41, 5.74) is 7.40. The topological polar surface area (TPSA) is 46.3 Å². The lowest BCUT2D eigenvalue weighted by Gasteiger charge is -2.44. The standard InChI is InChI=1S/C17H23ClN2O/c18-14-6-4-5-13(15(14)19)16(21)20-11-9-17(10-12-20)7-2-1-3-8-17/h4-6H,1-3,7-12,19H2. The van der Waals surface area contributed by atoms with E-state index in [4.69, 9.17) is 17.3 Å². The summed E-state index contributed by atoms with van der Waals surface area (Å²) >= 11 is 6.02. The Labute approximate surface area is 131 Å². The van der Waals surface area contributed by atoms with Crippen LogP contribution < -0.4 is 5.73 Å². The third-order valence-electron chi connectivity index (χ3n) is 5.31. The molecule has 0 unspecified atom stereocenters. The molecular weight excluding hydrogens is 284 g/mol. The van der Waals surface area contributed by atoms with Crippen LogP contribution in [0.1, 0.15) is 55.3 Å². The number of piperidine rings is 1. The van der Waals surface area contributed by atoms with Crippen molar-refractivity contribution >= 4 is 23.2 Å². The van der Waals surface area contributed by atoms with Crippen molar-refractivity contribution in [2.24, 2.45) is 5.41 Å². The lowest BCUT2D eigenvalue weighted by molar-refractivity contribution is 0.0473. The summed E-state index contributed by atoms with van der Waals surface area (Å²) in [4.78, 5) is 14.6. The fourth-order valence-electron chi connectivity index (χ4n) is 3.88. The maximum Gasteiger partial charge on any atom is 0.255 e. The fourth-order valence-corrected chi connectivity index (χ4v) is 4.05. The predicted molar refractivity (Wildman–Crippen MR) is 86.5 cm³/mol. The minimum Gasteiger partial charge on any atom is -0.397 e. The van der Waals surface area contributed by atoms with Gasteiger partial charge in [0.25, 0.3) is 5.91 Å². The number of carbonyl (C=O) groups is 1. The average molecular weight is 307 g/mol. The average Bonchev–Trinajstić information content (AvgIpc) is 2.51. The fraction of sp³-hybridized carbons (Fsp3) is 0.588. The minimum absolute atomic E-state index is 0.0284. The monoisotopic (exact) mass is 306 g/mol. The van der Waals surface area contributed by atoms with Gasteiger partial charge in [-0.1, -0.05) is 36.9 Å². The molecule has 1 aliphatic carbocycles. The molecule has 2 N–H and O–H groups in total. The highest BCUT2D eigenvalue weighted by atomic mass is 35.5. The summed E-state index contributed by atoms with van der Waals surface area (Å²) in [5.74, 6) is 0.0284. The molecule has 1 amide bonds. The number of amides is 1. The van der Waals surface area contributed by atoms with Crippen LogP contribution in [0, 0.1) is 5.41 Å². The Kier molecular flexibility index (Phi) is 4.12. The van der Waals surface area contributed by atoms with Crippen molar-refractivity contribution in [2.45, 2.75) is 44.9 Å². The van der Waals surface area contributed by atoms with Crippen LogP contribution in [-0.2, 0) is 0 Å². The number of hydrogen-bond donors (Lipinski definition) is 1. The number of benzene rings is 1. The van der Waals surface area contributed by atoms with Crippen molar-refractivity contribution in [1.82, 2.24) is 4.90 Å². The molecule has 1 aromatic carbocycles. The van der Waals surface area contributed by atoms with Gasteiger partial charge in [-0.05, 0) is 43.2 Å². The third kappa shape index (κ3) is 2.89. The molecule has 4 heteroatoms. The van der Waals surface area contributed by atoms with E-state index in [-0.39, 0.29) is 5.91 Å². The minimum atomic E-state index is 0.0284. The molecule has 3 nitrogen and oxygen atoms in total. The van der Waals surface area contributed by atoms with Gasteiger partial charge in [-0.15, -0.1) is 0 Å². The normalized spacial score (nSPS) is 21.5. The summed E-state index contributed by atoms with van der Waals surface area (Å²) in [7, 11) is 0. The van der Waals surface area contributed by atoms with Crippen LogP contribution in [0.25, 0.3) is 0 Å². The molecule has 0 atom stereocenters. The molecule has 0 radical (unpaired) electrons. The number of likely N-dealkylation sites (tertiary alicyclic amines) is 1. The Hall–Kier alpha value is -1.22. The van der Waals surface area contributed by atoms with E-state index >= 15 is 0 Å². The van der Waals surface area contributed by atoms with Crippen LogP contribution >= 0.6 is 11.6 Å². The van der Waals surface area contributed by atoms with Gasteiger partial charge in [0, 0.05) is 13.1 Å². The summed E-state index contributed by atoms with van der Waals surface area (Å²) in [6.45, 7) is 1.70. The molecule has 1 aliphatic heterocycles. The lowest BCUT2D eigenvalue weighted by Crippen LogP contribution is -2.44. The summed E-state index contributed by atoms with van der Waals surface area (Å²) in [5, 5.41) is 0.460. The number of hydrogen-bond acceptors (Lipinski definition) is 2. The van der Waals surface area contributed by atoms with E-state index in [1.165, 1.54) is 32.1 Å². The highest BCUT2D eigenvalue weighted by Gasteiger charge is 2.37. The molecule has 1 spiro atoms. The summed E-state index contributed by atoms with van der Waals surface area (Å²) < 4.78 is 0. The second-order valence-corrected chi connectivity index (χ2v) is 6.96. The van der Waals surface area contributed by atoms with Crippen molar-refractivity contribution in [3.63, 3.8) is 0 Å². The van der Waals surface area contributed by atoms with Crippen molar-refractivity contribution in [3.05, 3.63) is 28.8 Å². The zero-order valence-electron chi connectivity index (χ0n) is 12.4. The molecule has 1 aromatic rings. The van der Waals surface area contributed by atoms with Crippen LogP contribution in [0.4, 0.5) is 5.69 Å². The molecule has 2 aliphatic rings. The quantitative estimate of drug-likeness (QED) is 0.794. The Morgan fingerprint density at radius 3 is 2.43 bits per heavy atom. The van der Waals surface area contributed by atoms with Gasteiger partial charge in [0.1, 0.15) is 0 Å². The van der Waals surface area contributed by atoms with Gasteiger partial charge in [-0.25, -0.2) is 0 Å². The van der Waals surface area contributed by atoms with E-state index in [2.05, 4.69) is 0 Å². The molecule has 1 saturated carbocycles. The Bertz CT molecular complexity index is 528. The van der Waals surface area contributed by atoms with Gasteiger partial charge in [-0.2, -0.15) is 0 Å². The molecule has 2 fully saturated rings. The second-order valence-electron chi connectivity index (χ2n) is 6.55. The Morgan fingerprint density at radius 1 is 1.10 bits per heavy atom. The first-order valence-electron chi connectivity index (χ1n) is 7.95. The van der Waals surface area contributed by atoms with Gasteiger partial charge in [0.05, 0.1) is 16.3 Å². The van der Waals surface area contributed by atoms with Gasteiger partial charge < -0.3 is 10.6 Å². The van der Waals surface area contributed by atoms with Crippen molar-refractivity contribution in [2.75, 3.05) is 18.8 Å². The third-order valence-corrected chi connectivity index (χ3v) is 5.64. The second kappa shape index (κ2) is 5.88. The highest BCUT2D eigenvalue weighted by molar-refractivity contribution is 6.33. The molecule has 1 saturated heterocycles. The van der Waals surface area contributed by atoms with Crippen LogP contribution in [0.3, 0.4) is 0 Å². The number of anilines is 1. The number of para-hydroxylation sites is 1. The summed E-state index contributed by atoms with van der Waals surface area (Å²) in [6.07, 6.45) is 9.05. The molecule has 1 heterocycles. The predicted octanol–water partition coefficient (Wildman–Crippen LogP) is 4.11. The SMILES string of the molecule is Nc1c(Cl)cccc1C(=O)N1CCC2(CCCCC2)CC1. The van der Waals surface area contributed by atoms with Gasteiger partial charge >= 0.3 is 0 Å². The number of halogens is 1. The Balaban J connectivity index is 1.69. The number of carbonyl (C=O) groups excluding carboxylic acids is 1. The first-order chi connectivity index (χ1) is 10.1. The van der Waals surface area contributed by atoms with Crippen LogP contribution in [0.15, 0.2) is 18.2 Å². The van der Waals surface area contributed by atoms with Crippen molar-refractivity contribution in [1.29, 1.82) is 0 Å². The number of rotatable bonds is 1. The molecule has 21 heavy (non-hydrogen) atoms. The number of nitrogens with two attached hydrogens (primary N) is 1. The van der Waals surface area contributed by atoms with Gasteiger partial charge in [0.15, 0.2) is 0 Å². The maximum atomic E-state index is 12.6. The molecule has 114 valence electrons. The number of nitrogen functional groups attached to an aromatic ring is 1. The smallest absolute Gasteiger partial charge is 0.255 e. The summed E-state index contributed by atoms with van der Waals surface area (Å²) in [6, 6.07) is 5.29.